The number of piperidine rings is 1. The molecule has 8 nitrogen and oxygen atoms in total. The fourth-order valence-corrected chi connectivity index (χ4v) is 4.88. The molecule has 0 spiro atoms. The summed E-state index contributed by atoms with van der Waals surface area (Å²) >= 11 is 0. The summed E-state index contributed by atoms with van der Waals surface area (Å²) in [6, 6.07) is 9.59. The molecule has 1 N–H and O–H groups in total. The molecule has 5 atom stereocenters. The maximum atomic E-state index is 13.9. The van der Waals surface area contributed by atoms with Crippen LogP contribution in [-0.2, 0) is 0 Å². The van der Waals surface area contributed by atoms with Gasteiger partial charge in [0.15, 0.2) is 0 Å². The van der Waals surface area contributed by atoms with Crippen molar-refractivity contribution >= 4 is 18.3 Å². The third-order valence-corrected chi connectivity index (χ3v) is 6.90. The number of hydrogen-bond acceptors (Lipinski definition) is 7. The Labute approximate surface area is 206 Å². The first-order chi connectivity index (χ1) is 16.9. The van der Waals surface area contributed by atoms with E-state index in [1.54, 1.807) is 38.7 Å². The van der Waals surface area contributed by atoms with Crippen molar-refractivity contribution in [2.45, 2.75) is 63.8 Å². The van der Waals surface area contributed by atoms with Gasteiger partial charge in [-0.05, 0) is 51.3 Å². The number of aliphatic imine (C=N–C) groups is 2. The van der Waals surface area contributed by atoms with Gasteiger partial charge in [0.25, 0.3) is 5.91 Å². The smallest absolute Gasteiger partial charge is 0.254 e. The molecule has 1 fully saturated rings. The molecular weight excluding hydrogens is 444 g/mol. The number of benzene rings is 1. The van der Waals surface area contributed by atoms with Crippen LogP contribution >= 0.6 is 0 Å². The van der Waals surface area contributed by atoms with Crippen molar-refractivity contribution in [3.8, 4) is 11.6 Å². The van der Waals surface area contributed by atoms with Gasteiger partial charge in [0.1, 0.15) is 11.9 Å². The van der Waals surface area contributed by atoms with E-state index in [1.165, 1.54) is 0 Å². The minimum atomic E-state index is -0.798. The standard InChI is InChI=1S/C27H34N4O4/c1-17-9-10-20(35-26-25(19(3)32)24(34-4)11-12-30-26)16-31(17)27(33)22-8-6-5-7-21(22)23-15-28-13-14-29-18(23)2/h5-8,11-14,17-20,23,32H,9-10,15-16H2,1-4H3. The fraction of sp³-hybridized carbons (Fsp3) is 0.481. The Balaban J connectivity index is 1.57. The van der Waals surface area contributed by atoms with E-state index in [-0.39, 0.29) is 30.0 Å². The van der Waals surface area contributed by atoms with Gasteiger partial charge in [-0.2, -0.15) is 0 Å². The van der Waals surface area contributed by atoms with E-state index in [2.05, 4.69) is 28.8 Å². The maximum Gasteiger partial charge on any atom is 0.254 e. The number of aliphatic hydroxyl groups excluding tert-OH is 1. The van der Waals surface area contributed by atoms with Gasteiger partial charge >= 0.3 is 0 Å². The van der Waals surface area contributed by atoms with Gasteiger partial charge in [0, 0.05) is 42.7 Å². The third-order valence-electron chi connectivity index (χ3n) is 6.90. The van der Waals surface area contributed by atoms with E-state index in [0.717, 1.165) is 18.4 Å². The molecule has 3 heterocycles. The molecular formula is C27H34N4O4. The minimum Gasteiger partial charge on any atom is -0.496 e. The number of likely N-dealkylation sites (tertiary alicyclic amines) is 1. The average Bonchev–Trinajstić information content (AvgIpc) is 3.08. The molecule has 1 amide bonds. The minimum absolute atomic E-state index is 0.0137. The zero-order chi connectivity index (χ0) is 24.9. The summed E-state index contributed by atoms with van der Waals surface area (Å²) < 4.78 is 11.6. The van der Waals surface area contributed by atoms with Crippen molar-refractivity contribution in [1.29, 1.82) is 0 Å². The number of pyridine rings is 1. The summed E-state index contributed by atoms with van der Waals surface area (Å²) in [6.07, 6.45) is 5.61. The van der Waals surface area contributed by atoms with E-state index in [1.807, 2.05) is 29.2 Å². The first-order valence-corrected chi connectivity index (χ1v) is 12.2. The molecule has 0 bridgehead atoms. The maximum absolute atomic E-state index is 13.9. The lowest BCUT2D eigenvalue weighted by molar-refractivity contribution is 0.0359. The number of rotatable bonds is 6. The second kappa shape index (κ2) is 11.0. The molecule has 0 saturated carbocycles. The van der Waals surface area contributed by atoms with Crippen LogP contribution < -0.4 is 9.47 Å². The van der Waals surface area contributed by atoms with Gasteiger partial charge in [-0.15, -0.1) is 0 Å². The summed E-state index contributed by atoms with van der Waals surface area (Å²) in [5.74, 6) is 0.889. The molecule has 1 aromatic heterocycles. The van der Waals surface area contributed by atoms with Crippen LogP contribution in [0.15, 0.2) is 46.5 Å². The van der Waals surface area contributed by atoms with Crippen molar-refractivity contribution in [1.82, 2.24) is 9.88 Å². The van der Waals surface area contributed by atoms with Gasteiger partial charge in [-0.25, -0.2) is 4.98 Å². The summed E-state index contributed by atoms with van der Waals surface area (Å²) in [5.41, 5.74) is 2.18. The van der Waals surface area contributed by atoms with E-state index < -0.39 is 6.10 Å². The van der Waals surface area contributed by atoms with Crippen LogP contribution in [0.4, 0.5) is 0 Å². The molecule has 2 aliphatic rings. The fourth-order valence-electron chi connectivity index (χ4n) is 4.88. The van der Waals surface area contributed by atoms with Crippen molar-refractivity contribution in [2.24, 2.45) is 9.98 Å². The van der Waals surface area contributed by atoms with Crippen LogP contribution in [0, 0.1) is 0 Å². The predicted octanol–water partition coefficient (Wildman–Crippen LogP) is 3.84. The largest absolute Gasteiger partial charge is 0.496 e. The number of carbonyl (C=O) groups is 1. The number of amides is 1. The SMILES string of the molecule is COc1ccnc(OC2CCC(C)N(C(=O)c3ccccc3C3CN=CC=NC3C)C2)c1C(C)O. The number of nitrogens with zero attached hydrogens (tertiary/aromatic N) is 4. The molecule has 2 aliphatic heterocycles. The number of carbonyl (C=O) groups excluding carboxylic acids is 1. The van der Waals surface area contributed by atoms with Crippen LogP contribution in [0.5, 0.6) is 11.6 Å². The van der Waals surface area contributed by atoms with Gasteiger partial charge in [0.2, 0.25) is 5.88 Å². The Hall–Kier alpha value is -3.26. The summed E-state index contributed by atoms with van der Waals surface area (Å²) in [7, 11) is 1.55. The molecule has 1 aromatic carbocycles. The number of aliphatic hydroxyl groups is 1. The molecule has 8 heteroatoms. The predicted molar refractivity (Wildman–Crippen MR) is 136 cm³/mol. The molecule has 1 saturated heterocycles. The summed E-state index contributed by atoms with van der Waals surface area (Å²) in [4.78, 5) is 29.1. The average molecular weight is 479 g/mol. The Morgan fingerprint density at radius 1 is 1.17 bits per heavy atom. The highest BCUT2D eigenvalue weighted by Gasteiger charge is 2.34. The Bertz CT molecular complexity index is 1100. The highest BCUT2D eigenvalue weighted by molar-refractivity contribution is 6.16. The lowest BCUT2D eigenvalue weighted by Gasteiger charge is -2.38. The van der Waals surface area contributed by atoms with Gasteiger partial charge in [0.05, 0.1) is 31.4 Å². The van der Waals surface area contributed by atoms with E-state index in [4.69, 9.17) is 9.47 Å². The van der Waals surface area contributed by atoms with E-state index in [9.17, 15) is 9.90 Å². The van der Waals surface area contributed by atoms with Crippen molar-refractivity contribution < 1.29 is 19.4 Å². The summed E-state index contributed by atoms with van der Waals surface area (Å²) in [5, 5.41) is 10.3. The second-order valence-electron chi connectivity index (χ2n) is 9.28. The Morgan fingerprint density at radius 3 is 2.74 bits per heavy atom. The Morgan fingerprint density at radius 2 is 1.97 bits per heavy atom. The monoisotopic (exact) mass is 478 g/mol. The summed E-state index contributed by atoms with van der Waals surface area (Å²) in [6.45, 7) is 6.82. The van der Waals surface area contributed by atoms with Gasteiger partial charge < -0.3 is 19.5 Å². The molecule has 186 valence electrons. The van der Waals surface area contributed by atoms with Crippen molar-refractivity contribution in [2.75, 3.05) is 20.2 Å². The third kappa shape index (κ3) is 5.37. The zero-order valence-electron chi connectivity index (χ0n) is 20.8. The normalized spacial score (nSPS) is 25.1. The number of aromatic nitrogens is 1. The second-order valence-corrected chi connectivity index (χ2v) is 9.28. The lowest BCUT2D eigenvalue weighted by atomic mass is 9.88. The van der Waals surface area contributed by atoms with Crippen molar-refractivity contribution in [3.63, 3.8) is 0 Å². The van der Waals surface area contributed by atoms with Crippen LogP contribution in [0.3, 0.4) is 0 Å². The number of hydrogen-bond donors (Lipinski definition) is 1. The first kappa shape index (κ1) is 24.9. The number of ether oxygens (including phenoxy) is 2. The van der Waals surface area contributed by atoms with Crippen molar-refractivity contribution in [3.05, 3.63) is 53.2 Å². The van der Waals surface area contributed by atoms with Crippen LogP contribution in [-0.4, -0.2) is 71.7 Å². The topological polar surface area (TPSA) is 96.6 Å². The van der Waals surface area contributed by atoms with E-state index in [0.29, 0.717) is 35.8 Å². The number of methoxy groups -OCH3 is 1. The molecule has 2 aromatic rings. The molecule has 0 aliphatic carbocycles. The molecule has 0 radical (unpaired) electrons. The van der Waals surface area contributed by atoms with Crippen LogP contribution in [0.25, 0.3) is 0 Å². The van der Waals surface area contributed by atoms with Crippen LogP contribution in [0.2, 0.25) is 0 Å². The highest BCUT2D eigenvalue weighted by atomic mass is 16.5. The van der Waals surface area contributed by atoms with Gasteiger partial charge in [-0.1, -0.05) is 18.2 Å². The Kier molecular flexibility index (Phi) is 7.80. The lowest BCUT2D eigenvalue weighted by Crippen LogP contribution is -2.49. The highest BCUT2D eigenvalue weighted by Crippen LogP contribution is 2.34. The quantitative estimate of drug-likeness (QED) is 0.680. The molecule has 35 heavy (non-hydrogen) atoms. The van der Waals surface area contributed by atoms with E-state index >= 15 is 0 Å². The molecule has 5 unspecified atom stereocenters. The zero-order valence-corrected chi connectivity index (χ0v) is 20.8. The first-order valence-electron chi connectivity index (χ1n) is 12.2. The van der Waals surface area contributed by atoms with Crippen LogP contribution in [0.1, 0.15) is 67.1 Å². The molecule has 4 rings (SSSR count). The van der Waals surface area contributed by atoms with Gasteiger partial charge in [-0.3, -0.25) is 14.8 Å².